The summed E-state index contributed by atoms with van der Waals surface area (Å²) in [4.78, 5) is 48.9. The highest BCUT2D eigenvalue weighted by Gasteiger charge is 2.41. The zero-order valence-electron chi connectivity index (χ0n) is 22.9. The van der Waals surface area contributed by atoms with Crippen molar-refractivity contribution in [3.8, 4) is 11.1 Å². The van der Waals surface area contributed by atoms with Gasteiger partial charge < -0.3 is 10.2 Å². The van der Waals surface area contributed by atoms with E-state index in [0.29, 0.717) is 16.7 Å². The van der Waals surface area contributed by atoms with Crippen LogP contribution < -0.4 is 5.32 Å². The van der Waals surface area contributed by atoms with Gasteiger partial charge in [0, 0.05) is 42.7 Å². The van der Waals surface area contributed by atoms with E-state index in [4.69, 9.17) is 0 Å². The maximum absolute atomic E-state index is 14.5. The van der Waals surface area contributed by atoms with Gasteiger partial charge in [-0.15, -0.1) is 0 Å². The molecule has 1 aliphatic heterocycles. The van der Waals surface area contributed by atoms with Crippen LogP contribution in [0.25, 0.3) is 22.0 Å². The molecule has 2 aliphatic rings. The van der Waals surface area contributed by atoms with Crippen LogP contribution in [0.5, 0.6) is 0 Å². The van der Waals surface area contributed by atoms with Crippen LogP contribution in [0.4, 0.5) is 4.39 Å². The van der Waals surface area contributed by atoms with Crippen LogP contribution in [0.2, 0.25) is 0 Å². The number of amides is 2. The molecule has 9 nitrogen and oxygen atoms in total. The van der Waals surface area contributed by atoms with E-state index in [2.05, 4.69) is 34.2 Å². The molecule has 2 amide bonds. The molecule has 0 bridgehead atoms. The number of fused-ring (bicyclic) bond motifs is 1. The minimum absolute atomic E-state index is 0.0196. The summed E-state index contributed by atoms with van der Waals surface area (Å²) in [5, 5.41) is 8.13. The third-order valence-electron chi connectivity index (χ3n) is 7.91. The Morgan fingerprint density at radius 2 is 1.90 bits per heavy atom. The topological polar surface area (TPSA) is 110 Å². The lowest BCUT2D eigenvalue weighted by Crippen LogP contribution is -2.50. The molecule has 1 saturated heterocycles. The molecular weight excluding hydrogens is 499 g/mol. The third-order valence-corrected chi connectivity index (χ3v) is 7.91. The van der Waals surface area contributed by atoms with E-state index in [9.17, 15) is 18.8 Å². The molecule has 2 aromatic heterocycles. The van der Waals surface area contributed by atoms with E-state index in [1.165, 1.54) is 16.5 Å². The van der Waals surface area contributed by atoms with Crippen molar-refractivity contribution in [2.75, 3.05) is 6.54 Å². The van der Waals surface area contributed by atoms with E-state index in [1.807, 2.05) is 12.1 Å². The number of rotatable bonds is 6. The average Bonchev–Trinajstić information content (AvgIpc) is 3.44. The van der Waals surface area contributed by atoms with Gasteiger partial charge in [0.25, 0.3) is 0 Å². The maximum Gasteiger partial charge on any atom is 0.245 e. The lowest BCUT2D eigenvalue weighted by atomic mass is 9.75. The van der Waals surface area contributed by atoms with Crippen molar-refractivity contribution in [2.45, 2.75) is 84.6 Å². The lowest BCUT2D eigenvalue weighted by Gasteiger charge is -2.36. The van der Waals surface area contributed by atoms with E-state index in [0.717, 1.165) is 36.8 Å². The fourth-order valence-electron chi connectivity index (χ4n) is 5.93. The zero-order valence-corrected chi connectivity index (χ0v) is 22.9. The molecule has 3 atom stereocenters. The standard InChI is InChI=1S/C29H35FN6O3/c1-17(37)27-23-10-19(20-13-31-18(2)32-14-20)7-8-24(23)36(34-27)16-26(38)35-15-21(30)11-25(35)28(39)33-22-6-5-9-29(3,4)12-22/h7-8,10,13-14,21-22,25H,5-6,9,11-12,15-16H2,1-4H3,(H,33,39)/t21-,22?,25+/m1/s1. The van der Waals surface area contributed by atoms with Crippen LogP contribution in [0, 0.1) is 12.3 Å². The van der Waals surface area contributed by atoms with Crippen LogP contribution >= 0.6 is 0 Å². The highest BCUT2D eigenvalue weighted by Crippen LogP contribution is 2.35. The van der Waals surface area contributed by atoms with E-state index >= 15 is 0 Å². The summed E-state index contributed by atoms with van der Waals surface area (Å²) in [6.45, 7) is 7.27. The van der Waals surface area contributed by atoms with Gasteiger partial charge in [-0.1, -0.05) is 26.3 Å². The fourth-order valence-corrected chi connectivity index (χ4v) is 5.93. The van der Waals surface area contributed by atoms with Gasteiger partial charge in [-0.3, -0.25) is 19.1 Å². The Morgan fingerprint density at radius 3 is 2.59 bits per heavy atom. The summed E-state index contributed by atoms with van der Waals surface area (Å²) in [7, 11) is 0. The summed E-state index contributed by atoms with van der Waals surface area (Å²) < 4.78 is 16.0. The summed E-state index contributed by atoms with van der Waals surface area (Å²) in [6, 6.07) is 4.66. The number of halogens is 1. The number of carbonyl (C=O) groups is 3. The zero-order chi connectivity index (χ0) is 27.9. The number of Topliss-reactive ketones (excluding diaryl/α,β-unsaturated/α-hetero) is 1. The van der Waals surface area contributed by atoms with Crippen molar-refractivity contribution in [1.82, 2.24) is 30.0 Å². The van der Waals surface area contributed by atoms with Crippen molar-refractivity contribution in [2.24, 2.45) is 5.41 Å². The molecule has 5 rings (SSSR count). The minimum Gasteiger partial charge on any atom is -0.352 e. The van der Waals surface area contributed by atoms with Gasteiger partial charge in [0.2, 0.25) is 11.8 Å². The molecule has 1 saturated carbocycles. The largest absolute Gasteiger partial charge is 0.352 e. The predicted octanol–water partition coefficient (Wildman–Crippen LogP) is 4.03. The molecule has 3 heterocycles. The second kappa shape index (κ2) is 10.5. The first-order valence-electron chi connectivity index (χ1n) is 13.6. The van der Waals surface area contributed by atoms with E-state index < -0.39 is 18.1 Å². The van der Waals surface area contributed by atoms with Gasteiger partial charge in [0.15, 0.2) is 5.78 Å². The second-order valence-electron chi connectivity index (χ2n) is 11.7. The highest BCUT2D eigenvalue weighted by atomic mass is 19.1. The number of likely N-dealkylation sites (tertiary alicyclic amines) is 1. The first kappa shape index (κ1) is 26.9. The Bertz CT molecular complexity index is 1420. The summed E-state index contributed by atoms with van der Waals surface area (Å²) >= 11 is 0. The van der Waals surface area contributed by atoms with Crippen LogP contribution in [0.3, 0.4) is 0 Å². The Labute approximate surface area is 227 Å². The normalized spacial score (nSPS) is 22.7. The van der Waals surface area contributed by atoms with Crippen molar-refractivity contribution < 1.29 is 18.8 Å². The van der Waals surface area contributed by atoms with Crippen molar-refractivity contribution in [1.29, 1.82) is 0 Å². The Balaban J connectivity index is 1.37. The molecule has 206 valence electrons. The van der Waals surface area contributed by atoms with Crippen LogP contribution in [0.1, 0.15) is 69.2 Å². The lowest BCUT2D eigenvalue weighted by molar-refractivity contribution is -0.139. The number of hydrogen-bond donors (Lipinski definition) is 1. The molecule has 39 heavy (non-hydrogen) atoms. The average molecular weight is 535 g/mol. The smallest absolute Gasteiger partial charge is 0.245 e. The first-order chi connectivity index (χ1) is 18.5. The van der Waals surface area contributed by atoms with Gasteiger partial charge >= 0.3 is 0 Å². The number of ketones is 1. The summed E-state index contributed by atoms with van der Waals surface area (Å²) in [5.74, 6) is -0.288. The SMILES string of the molecule is CC(=O)c1nn(CC(=O)N2C[C@H](F)C[C@H]2C(=O)NC2CCCC(C)(C)C2)c2ccc(-c3cnc(C)nc3)cc12. The number of aromatic nitrogens is 4. The number of benzene rings is 1. The van der Waals surface area contributed by atoms with Crippen LogP contribution in [-0.4, -0.2) is 67.0 Å². The molecular formula is C29H35FN6O3. The molecule has 1 N–H and O–H groups in total. The Kier molecular flexibility index (Phi) is 7.22. The monoisotopic (exact) mass is 534 g/mol. The predicted molar refractivity (Wildman–Crippen MR) is 145 cm³/mol. The van der Waals surface area contributed by atoms with Crippen LogP contribution in [0.15, 0.2) is 30.6 Å². The molecule has 0 radical (unpaired) electrons. The molecule has 2 fully saturated rings. The van der Waals surface area contributed by atoms with Gasteiger partial charge in [-0.05, 0) is 49.3 Å². The molecule has 0 spiro atoms. The van der Waals surface area contributed by atoms with Crippen LogP contribution in [-0.2, 0) is 16.1 Å². The number of alkyl halides is 1. The van der Waals surface area contributed by atoms with Crippen molar-refractivity contribution >= 4 is 28.5 Å². The van der Waals surface area contributed by atoms with Gasteiger partial charge in [-0.2, -0.15) is 5.10 Å². The number of carbonyl (C=O) groups excluding carboxylic acids is 3. The van der Waals surface area contributed by atoms with Gasteiger partial charge in [0.1, 0.15) is 30.3 Å². The number of nitrogens with one attached hydrogen (secondary N) is 1. The molecule has 1 unspecified atom stereocenters. The van der Waals surface area contributed by atoms with E-state index in [1.54, 1.807) is 25.4 Å². The maximum atomic E-state index is 14.5. The molecule has 1 aliphatic carbocycles. The second-order valence-corrected chi connectivity index (χ2v) is 11.7. The number of hydrogen-bond acceptors (Lipinski definition) is 6. The Hall–Kier alpha value is -3.69. The third kappa shape index (κ3) is 5.69. The molecule has 3 aromatic rings. The quantitative estimate of drug-likeness (QED) is 0.478. The van der Waals surface area contributed by atoms with Gasteiger partial charge in [0.05, 0.1) is 12.1 Å². The van der Waals surface area contributed by atoms with Crippen molar-refractivity contribution in [3.05, 3.63) is 42.1 Å². The van der Waals surface area contributed by atoms with E-state index in [-0.39, 0.29) is 48.4 Å². The fraction of sp³-hybridized carbons (Fsp3) is 0.517. The Morgan fingerprint density at radius 1 is 1.15 bits per heavy atom. The highest BCUT2D eigenvalue weighted by molar-refractivity contribution is 6.06. The summed E-state index contributed by atoms with van der Waals surface area (Å²) in [5.41, 5.74) is 2.60. The molecule has 10 heteroatoms. The number of nitrogens with zero attached hydrogens (tertiary/aromatic N) is 5. The first-order valence-corrected chi connectivity index (χ1v) is 13.6. The minimum atomic E-state index is -1.27. The molecule has 1 aromatic carbocycles. The van der Waals surface area contributed by atoms with Gasteiger partial charge in [-0.25, -0.2) is 14.4 Å². The van der Waals surface area contributed by atoms with Crippen molar-refractivity contribution in [3.63, 3.8) is 0 Å². The summed E-state index contributed by atoms with van der Waals surface area (Å²) in [6.07, 6.45) is 6.03. The number of aryl methyl sites for hydroxylation is 1.